The molecule has 152 valence electrons. The largest absolute Gasteiger partial charge is 0.491 e. The van der Waals surface area contributed by atoms with Gasteiger partial charge in [-0.2, -0.15) is 0 Å². The Balaban J connectivity index is 1.36. The molecule has 3 aromatic rings. The molecule has 0 atom stereocenters. The number of likely N-dealkylation sites (tertiary alicyclic amines) is 1. The third-order valence-electron chi connectivity index (χ3n) is 5.35. The molecule has 0 amide bonds. The number of pyridine rings is 1. The van der Waals surface area contributed by atoms with Crippen molar-refractivity contribution < 1.29 is 9.13 Å². The Morgan fingerprint density at radius 3 is 2.79 bits per heavy atom. The first-order valence-corrected chi connectivity index (χ1v) is 10.4. The van der Waals surface area contributed by atoms with E-state index in [1.807, 2.05) is 49.5 Å². The van der Waals surface area contributed by atoms with Gasteiger partial charge in [-0.05, 0) is 61.7 Å². The van der Waals surface area contributed by atoms with Gasteiger partial charge in [0.2, 0.25) is 0 Å². The molecule has 1 N–H and O–H groups in total. The summed E-state index contributed by atoms with van der Waals surface area (Å²) in [5, 5.41) is 5.47. The predicted molar refractivity (Wildman–Crippen MR) is 116 cm³/mol. The Hall–Kier alpha value is -2.37. The summed E-state index contributed by atoms with van der Waals surface area (Å²) in [6.07, 6.45) is 3.93. The number of hydrogen-bond acceptors (Lipinski definition) is 4. The van der Waals surface area contributed by atoms with Gasteiger partial charge >= 0.3 is 0 Å². The fourth-order valence-electron chi connectivity index (χ4n) is 3.87. The number of aromatic nitrogens is 1. The van der Waals surface area contributed by atoms with E-state index in [1.165, 1.54) is 6.07 Å². The lowest BCUT2D eigenvalue weighted by atomic mass is 10.0. The van der Waals surface area contributed by atoms with Gasteiger partial charge in [-0.25, -0.2) is 4.39 Å². The van der Waals surface area contributed by atoms with Crippen molar-refractivity contribution in [1.29, 1.82) is 0 Å². The van der Waals surface area contributed by atoms with Crippen LogP contribution in [0, 0.1) is 5.82 Å². The minimum Gasteiger partial charge on any atom is -0.491 e. The van der Waals surface area contributed by atoms with E-state index < -0.39 is 0 Å². The zero-order chi connectivity index (χ0) is 20.2. The van der Waals surface area contributed by atoms with E-state index in [1.54, 1.807) is 0 Å². The van der Waals surface area contributed by atoms with Crippen LogP contribution in [-0.2, 0) is 6.54 Å². The van der Waals surface area contributed by atoms with Gasteiger partial charge in [-0.1, -0.05) is 17.7 Å². The highest BCUT2D eigenvalue weighted by Gasteiger charge is 2.20. The van der Waals surface area contributed by atoms with E-state index in [0.29, 0.717) is 23.4 Å². The topological polar surface area (TPSA) is 37.4 Å². The van der Waals surface area contributed by atoms with Crippen molar-refractivity contribution >= 4 is 28.2 Å². The molecule has 0 aliphatic carbocycles. The number of hydrogen-bond donors (Lipinski definition) is 1. The molecule has 4 rings (SSSR count). The second kappa shape index (κ2) is 8.97. The molecule has 0 bridgehead atoms. The van der Waals surface area contributed by atoms with Gasteiger partial charge in [-0.15, -0.1) is 0 Å². The Kier molecular flexibility index (Phi) is 6.16. The maximum absolute atomic E-state index is 13.8. The summed E-state index contributed by atoms with van der Waals surface area (Å²) in [6.45, 7) is 5.13. The van der Waals surface area contributed by atoms with Crippen LogP contribution in [0.25, 0.3) is 10.9 Å². The SMILES string of the molecule is CCOc1cc(CN2CCC(Nc3ccnc4cc(Cl)ccc34)CC2)ccc1F. The van der Waals surface area contributed by atoms with Gasteiger partial charge < -0.3 is 10.1 Å². The average Bonchev–Trinajstić information content (AvgIpc) is 2.72. The average molecular weight is 414 g/mol. The minimum atomic E-state index is -0.302. The van der Waals surface area contributed by atoms with Gasteiger partial charge in [0.25, 0.3) is 0 Å². The molecule has 4 nitrogen and oxygen atoms in total. The molecule has 0 radical (unpaired) electrons. The van der Waals surface area contributed by atoms with Gasteiger partial charge in [-0.3, -0.25) is 9.88 Å². The van der Waals surface area contributed by atoms with E-state index in [-0.39, 0.29) is 5.82 Å². The van der Waals surface area contributed by atoms with Gasteiger partial charge in [0.15, 0.2) is 11.6 Å². The van der Waals surface area contributed by atoms with E-state index >= 15 is 0 Å². The maximum Gasteiger partial charge on any atom is 0.165 e. The first-order chi connectivity index (χ1) is 14.1. The van der Waals surface area contributed by atoms with E-state index in [0.717, 1.165) is 54.6 Å². The Bertz CT molecular complexity index is 989. The van der Waals surface area contributed by atoms with Crippen molar-refractivity contribution in [2.24, 2.45) is 0 Å². The quantitative estimate of drug-likeness (QED) is 0.578. The van der Waals surface area contributed by atoms with Crippen LogP contribution >= 0.6 is 11.6 Å². The summed E-state index contributed by atoms with van der Waals surface area (Å²) in [7, 11) is 0. The summed E-state index contributed by atoms with van der Waals surface area (Å²) < 4.78 is 19.1. The third kappa shape index (κ3) is 4.80. The van der Waals surface area contributed by atoms with Crippen LogP contribution in [0.1, 0.15) is 25.3 Å². The first kappa shape index (κ1) is 19.9. The van der Waals surface area contributed by atoms with Crippen LogP contribution in [0.3, 0.4) is 0 Å². The Morgan fingerprint density at radius 1 is 1.17 bits per heavy atom. The van der Waals surface area contributed by atoms with Crippen molar-refractivity contribution in [2.45, 2.75) is 32.4 Å². The van der Waals surface area contributed by atoms with Crippen LogP contribution in [0.5, 0.6) is 5.75 Å². The summed E-state index contributed by atoms with van der Waals surface area (Å²) >= 11 is 6.09. The van der Waals surface area contributed by atoms with E-state index in [9.17, 15) is 4.39 Å². The summed E-state index contributed by atoms with van der Waals surface area (Å²) in [5.41, 5.74) is 3.09. The number of nitrogens with one attached hydrogen (secondary N) is 1. The minimum absolute atomic E-state index is 0.302. The smallest absolute Gasteiger partial charge is 0.165 e. The molecule has 0 unspecified atom stereocenters. The van der Waals surface area contributed by atoms with Crippen molar-refractivity contribution in [1.82, 2.24) is 9.88 Å². The molecule has 1 fully saturated rings. The molecule has 1 saturated heterocycles. The molecule has 6 heteroatoms. The molecule has 1 aliphatic heterocycles. The summed E-state index contributed by atoms with van der Waals surface area (Å²) in [4.78, 5) is 6.82. The molecule has 1 aromatic heterocycles. The highest BCUT2D eigenvalue weighted by Crippen LogP contribution is 2.27. The van der Waals surface area contributed by atoms with Crippen LogP contribution in [-0.4, -0.2) is 35.6 Å². The van der Waals surface area contributed by atoms with Crippen molar-refractivity contribution in [3.8, 4) is 5.75 Å². The number of piperidine rings is 1. The summed E-state index contributed by atoms with van der Waals surface area (Å²) in [5.74, 6) is 0.0376. The first-order valence-electron chi connectivity index (χ1n) is 10.1. The van der Waals surface area contributed by atoms with Crippen molar-refractivity contribution in [2.75, 3.05) is 25.0 Å². The highest BCUT2D eigenvalue weighted by atomic mass is 35.5. The van der Waals surface area contributed by atoms with E-state index in [4.69, 9.17) is 16.3 Å². The number of nitrogens with zero attached hydrogens (tertiary/aromatic N) is 2. The molecular weight excluding hydrogens is 389 g/mol. The number of benzene rings is 2. The molecule has 0 spiro atoms. The van der Waals surface area contributed by atoms with Gasteiger partial charge in [0.1, 0.15) is 0 Å². The number of anilines is 1. The van der Waals surface area contributed by atoms with Gasteiger partial charge in [0.05, 0.1) is 12.1 Å². The Labute approximate surface area is 175 Å². The zero-order valence-corrected chi connectivity index (χ0v) is 17.3. The molecule has 1 aliphatic rings. The lowest BCUT2D eigenvalue weighted by Crippen LogP contribution is -2.38. The molecule has 2 heterocycles. The fourth-order valence-corrected chi connectivity index (χ4v) is 4.04. The monoisotopic (exact) mass is 413 g/mol. The molecule has 2 aromatic carbocycles. The van der Waals surface area contributed by atoms with Gasteiger partial charge in [0, 0.05) is 48.0 Å². The van der Waals surface area contributed by atoms with Crippen LogP contribution in [0.2, 0.25) is 5.02 Å². The Morgan fingerprint density at radius 2 is 2.00 bits per heavy atom. The second-order valence-electron chi connectivity index (χ2n) is 7.41. The predicted octanol–water partition coefficient (Wildman–Crippen LogP) is 5.50. The number of fused-ring (bicyclic) bond motifs is 1. The maximum atomic E-state index is 13.8. The standard InChI is InChI=1S/C23H25ClFN3O/c1-2-29-23-13-16(3-6-20(23)25)15-28-11-8-18(9-12-28)27-21-7-10-26-22-14-17(24)4-5-19(21)22/h3-7,10,13-14,18H,2,8-9,11-12,15H2,1H3,(H,26,27). The fraction of sp³-hybridized carbons (Fsp3) is 0.348. The summed E-state index contributed by atoms with van der Waals surface area (Å²) in [6, 6.07) is 13.4. The van der Waals surface area contributed by atoms with Crippen molar-refractivity contribution in [3.05, 3.63) is 65.1 Å². The number of halogens is 2. The van der Waals surface area contributed by atoms with E-state index in [2.05, 4.69) is 15.2 Å². The lowest BCUT2D eigenvalue weighted by Gasteiger charge is -2.33. The second-order valence-corrected chi connectivity index (χ2v) is 7.85. The highest BCUT2D eigenvalue weighted by molar-refractivity contribution is 6.31. The third-order valence-corrected chi connectivity index (χ3v) is 5.59. The van der Waals surface area contributed by atoms with Crippen LogP contribution in [0.4, 0.5) is 10.1 Å². The zero-order valence-electron chi connectivity index (χ0n) is 16.5. The molecule has 29 heavy (non-hydrogen) atoms. The molecular formula is C23H25ClFN3O. The number of ether oxygens (including phenoxy) is 1. The van der Waals surface area contributed by atoms with Crippen molar-refractivity contribution in [3.63, 3.8) is 0 Å². The normalized spacial score (nSPS) is 15.6. The lowest BCUT2D eigenvalue weighted by molar-refractivity contribution is 0.211. The van der Waals surface area contributed by atoms with Crippen LogP contribution in [0.15, 0.2) is 48.7 Å². The molecule has 0 saturated carbocycles. The van der Waals surface area contributed by atoms with Crippen LogP contribution < -0.4 is 10.1 Å². The number of rotatable bonds is 6.